The minimum absolute atomic E-state index is 0.470. The fourth-order valence-electron chi connectivity index (χ4n) is 1.79. The van der Waals surface area contributed by atoms with Crippen LogP contribution in [0.4, 0.5) is 10.9 Å². The lowest BCUT2D eigenvalue weighted by atomic mass is 10.2. The third kappa shape index (κ3) is 4.84. The van der Waals surface area contributed by atoms with Crippen molar-refractivity contribution >= 4 is 60.4 Å². The van der Waals surface area contributed by atoms with Crippen LogP contribution in [0.2, 0.25) is 0 Å². The summed E-state index contributed by atoms with van der Waals surface area (Å²) in [6.45, 7) is 5.15. The standard InChI is InChI=1S/C15H18Br2N4O2S/c1-3-5-23-14-10(22-4-2)6-9(12(16)13(14)17)7-19-21-15-20-11(18)8-24-15/h6-8H,3-5,18H2,1-2H3,(H,20,21). The number of anilines is 2. The highest BCUT2D eigenvalue weighted by Crippen LogP contribution is 2.42. The molecular weight excluding hydrogens is 460 g/mol. The van der Waals surface area contributed by atoms with Crippen LogP contribution in [0.1, 0.15) is 25.8 Å². The Morgan fingerprint density at radius 2 is 2.12 bits per heavy atom. The molecule has 0 unspecified atom stereocenters. The lowest BCUT2D eigenvalue weighted by molar-refractivity contribution is 0.275. The van der Waals surface area contributed by atoms with Gasteiger partial charge >= 0.3 is 0 Å². The van der Waals surface area contributed by atoms with Crippen molar-refractivity contribution in [3.8, 4) is 11.5 Å². The molecule has 2 rings (SSSR count). The van der Waals surface area contributed by atoms with E-state index < -0.39 is 0 Å². The Kier molecular flexibility index (Phi) is 7.32. The molecule has 3 N–H and O–H groups in total. The average Bonchev–Trinajstić information content (AvgIpc) is 2.97. The summed E-state index contributed by atoms with van der Waals surface area (Å²) >= 11 is 8.51. The molecule has 0 bridgehead atoms. The average molecular weight is 478 g/mol. The first kappa shape index (κ1) is 19.0. The normalized spacial score (nSPS) is 11.0. The number of nitrogens with one attached hydrogen (secondary N) is 1. The summed E-state index contributed by atoms with van der Waals surface area (Å²) in [6.07, 6.45) is 2.60. The van der Waals surface area contributed by atoms with Crippen molar-refractivity contribution in [1.82, 2.24) is 4.98 Å². The Hall–Kier alpha value is -1.32. The van der Waals surface area contributed by atoms with Gasteiger partial charge in [0.2, 0.25) is 5.13 Å². The van der Waals surface area contributed by atoms with Crippen LogP contribution < -0.4 is 20.6 Å². The van der Waals surface area contributed by atoms with Gasteiger partial charge in [0.15, 0.2) is 11.5 Å². The fraction of sp³-hybridized carbons (Fsp3) is 0.333. The minimum atomic E-state index is 0.470. The molecule has 130 valence electrons. The second-order valence-electron chi connectivity index (χ2n) is 4.65. The number of benzene rings is 1. The number of hydrogen-bond donors (Lipinski definition) is 2. The second-order valence-corrected chi connectivity index (χ2v) is 7.09. The summed E-state index contributed by atoms with van der Waals surface area (Å²) in [6, 6.07) is 1.88. The summed E-state index contributed by atoms with van der Waals surface area (Å²) in [5, 5.41) is 6.57. The van der Waals surface area contributed by atoms with Crippen LogP contribution in [0.25, 0.3) is 0 Å². The van der Waals surface area contributed by atoms with Crippen LogP contribution in [0.15, 0.2) is 25.5 Å². The third-order valence-corrected chi connectivity index (χ3v) is 5.70. The molecule has 0 saturated carbocycles. The lowest BCUT2D eigenvalue weighted by Crippen LogP contribution is -2.03. The maximum Gasteiger partial charge on any atom is 0.205 e. The van der Waals surface area contributed by atoms with Crippen molar-refractivity contribution in [2.24, 2.45) is 5.10 Å². The molecule has 1 heterocycles. The Morgan fingerprint density at radius 1 is 1.33 bits per heavy atom. The van der Waals surface area contributed by atoms with Crippen molar-refractivity contribution in [2.45, 2.75) is 20.3 Å². The quantitative estimate of drug-likeness (QED) is 0.418. The van der Waals surface area contributed by atoms with Gasteiger partial charge in [0.1, 0.15) is 5.82 Å². The minimum Gasteiger partial charge on any atom is -0.490 e. The SMILES string of the molecule is CCCOc1c(OCC)cc(C=NNc2nc(N)cs2)c(Br)c1Br. The van der Waals surface area contributed by atoms with E-state index in [4.69, 9.17) is 15.2 Å². The molecule has 0 spiro atoms. The van der Waals surface area contributed by atoms with Gasteiger partial charge in [-0.25, -0.2) is 4.98 Å². The van der Waals surface area contributed by atoms with Gasteiger partial charge in [0.25, 0.3) is 0 Å². The monoisotopic (exact) mass is 476 g/mol. The Morgan fingerprint density at radius 3 is 2.75 bits per heavy atom. The zero-order chi connectivity index (χ0) is 17.5. The number of halogens is 2. The molecule has 0 aliphatic rings. The molecular formula is C15H18Br2N4O2S. The third-order valence-electron chi connectivity index (χ3n) is 2.79. The summed E-state index contributed by atoms with van der Waals surface area (Å²) in [5.41, 5.74) is 9.27. The number of nitrogens with two attached hydrogens (primary N) is 1. The van der Waals surface area contributed by atoms with Crippen LogP contribution in [-0.2, 0) is 0 Å². The smallest absolute Gasteiger partial charge is 0.205 e. The van der Waals surface area contributed by atoms with Gasteiger partial charge in [0, 0.05) is 15.4 Å². The van der Waals surface area contributed by atoms with Crippen molar-refractivity contribution in [3.05, 3.63) is 26.0 Å². The van der Waals surface area contributed by atoms with Gasteiger partial charge in [-0.15, -0.1) is 11.3 Å². The van der Waals surface area contributed by atoms with Gasteiger partial charge < -0.3 is 15.2 Å². The first-order chi connectivity index (χ1) is 11.6. The Bertz CT molecular complexity index is 722. The van der Waals surface area contributed by atoms with Gasteiger partial charge in [0.05, 0.1) is 23.9 Å². The number of hydrogen-bond acceptors (Lipinski definition) is 7. The van der Waals surface area contributed by atoms with E-state index in [1.165, 1.54) is 11.3 Å². The van der Waals surface area contributed by atoms with Crippen molar-refractivity contribution in [3.63, 3.8) is 0 Å². The predicted octanol–water partition coefficient (Wildman–Crippen LogP) is 4.88. The van der Waals surface area contributed by atoms with Gasteiger partial charge in [-0.1, -0.05) is 6.92 Å². The van der Waals surface area contributed by atoms with E-state index in [0.29, 0.717) is 35.7 Å². The first-order valence-corrected chi connectivity index (χ1v) is 9.81. The molecule has 0 atom stereocenters. The van der Waals surface area contributed by atoms with E-state index >= 15 is 0 Å². The van der Waals surface area contributed by atoms with E-state index in [2.05, 4.69) is 54.3 Å². The van der Waals surface area contributed by atoms with E-state index in [9.17, 15) is 0 Å². The molecule has 24 heavy (non-hydrogen) atoms. The highest BCUT2D eigenvalue weighted by molar-refractivity contribution is 9.13. The Balaban J connectivity index is 2.25. The van der Waals surface area contributed by atoms with E-state index in [1.807, 2.05) is 13.0 Å². The van der Waals surface area contributed by atoms with Gasteiger partial charge in [-0.2, -0.15) is 5.10 Å². The molecule has 2 aromatic rings. The van der Waals surface area contributed by atoms with Crippen LogP contribution in [0.3, 0.4) is 0 Å². The van der Waals surface area contributed by atoms with E-state index in [1.54, 1.807) is 11.6 Å². The molecule has 0 saturated heterocycles. The van der Waals surface area contributed by atoms with Crippen LogP contribution in [0, 0.1) is 0 Å². The molecule has 0 radical (unpaired) electrons. The molecule has 0 aliphatic heterocycles. The second kappa shape index (κ2) is 9.24. The topological polar surface area (TPSA) is 81.8 Å². The maximum absolute atomic E-state index is 5.80. The van der Waals surface area contributed by atoms with E-state index in [0.717, 1.165) is 20.9 Å². The molecule has 1 aromatic carbocycles. The van der Waals surface area contributed by atoms with Gasteiger partial charge in [-0.05, 0) is 51.3 Å². The number of ether oxygens (including phenoxy) is 2. The summed E-state index contributed by atoms with van der Waals surface area (Å²) in [5.74, 6) is 1.82. The largest absolute Gasteiger partial charge is 0.490 e. The molecule has 0 aliphatic carbocycles. The number of nitrogen functional groups attached to an aromatic ring is 1. The number of nitrogens with zero attached hydrogens (tertiary/aromatic N) is 2. The van der Waals surface area contributed by atoms with Crippen LogP contribution in [-0.4, -0.2) is 24.4 Å². The van der Waals surface area contributed by atoms with Crippen LogP contribution in [0.5, 0.6) is 11.5 Å². The predicted molar refractivity (Wildman–Crippen MR) is 107 cm³/mol. The van der Waals surface area contributed by atoms with Crippen molar-refractivity contribution < 1.29 is 9.47 Å². The molecule has 6 nitrogen and oxygen atoms in total. The fourth-order valence-corrected chi connectivity index (χ4v) is 3.28. The van der Waals surface area contributed by atoms with Gasteiger partial charge in [-0.3, -0.25) is 5.43 Å². The molecule has 9 heteroatoms. The highest BCUT2D eigenvalue weighted by Gasteiger charge is 2.16. The number of hydrazone groups is 1. The maximum atomic E-state index is 5.80. The summed E-state index contributed by atoms with van der Waals surface area (Å²) < 4.78 is 13.1. The molecule has 1 aromatic heterocycles. The van der Waals surface area contributed by atoms with Crippen molar-refractivity contribution in [1.29, 1.82) is 0 Å². The lowest BCUT2D eigenvalue weighted by Gasteiger charge is -2.15. The molecule has 0 amide bonds. The van der Waals surface area contributed by atoms with E-state index in [-0.39, 0.29) is 0 Å². The Labute approximate surface area is 161 Å². The summed E-state index contributed by atoms with van der Waals surface area (Å²) in [4.78, 5) is 4.08. The van der Waals surface area contributed by atoms with Crippen LogP contribution >= 0.6 is 43.2 Å². The number of aromatic nitrogens is 1. The number of rotatable bonds is 8. The zero-order valence-electron chi connectivity index (χ0n) is 13.3. The zero-order valence-corrected chi connectivity index (χ0v) is 17.3. The number of thiazole rings is 1. The first-order valence-electron chi connectivity index (χ1n) is 7.34. The molecule has 0 fully saturated rings. The van der Waals surface area contributed by atoms with Crippen molar-refractivity contribution in [2.75, 3.05) is 24.4 Å². The summed E-state index contributed by atoms with van der Waals surface area (Å²) in [7, 11) is 0. The highest BCUT2D eigenvalue weighted by atomic mass is 79.9.